The molecule has 0 radical (unpaired) electrons. The molecule has 0 unspecified atom stereocenters. The SMILES string of the molecule is COc1cc(CNC(=O)C2CN(C(=O)Oc3ccccc3C(C)C)C2)ccc1O. The molecule has 1 aliphatic rings. The predicted molar refractivity (Wildman–Crippen MR) is 108 cm³/mol. The van der Waals surface area contributed by atoms with Crippen molar-refractivity contribution in [3.8, 4) is 17.2 Å². The monoisotopic (exact) mass is 398 g/mol. The number of phenols is 1. The molecule has 7 heteroatoms. The molecule has 29 heavy (non-hydrogen) atoms. The van der Waals surface area contributed by atoms with Crippen LogP contribution in [0.15, 0.2) is 42.5 Å². The maximum absolute atomic E-state index is 12.4. The van der Waals surface area contributed by atoms with Gasteiger partial charge in [0.15, 0.2) is 11.5 Å². The van der Waals surface area contributed by atoms with Crippen molar-refractivity contribution in [2.45, 2.75) is 26.3 Å². The minimum absolute atomic E-state index is 0.0507. The number of amides is 2. The fourth-order valence-electron chi connectivity index (χ4n) is 3.17. The zero-order chi connectivity index (χ0) is 21.0. The Balaban J connectivity index is 1.48. The number of carbonyl (C=O) groups excluding carboxylic acids is 2. The predicted octanol–water partition coefficient (Wildman–Crippen LogP) is 3.27. The average molecular weight is 398 g/mol. The highest BCUT2D eigenvalue weighted by Crippen LogP contribution is 2.28. The number of methoxy groups -OCH3 is 1. The van der Waals surface area contributed by atoms with Crippen molar-refractivity contribution >= 4 is 12.0 Å². The van der Waals surface area contributed by atoms with Gasteiger partial charge in [0, 0.05) is 19.6 Å². The van der Waals surface area contributed by atoms with Crippen LogP contribution in [-0.2, 0) is 11.3 Å². The van der Waals surface area contributed by atoms with E-state index in [-0.39, 0.29) is 23.5 Å². The summed E-state index contributed by atoms with van der Waals surface area (Å²) in [6.07, 6.45) is -0.439. The van der Waals surface area contributed by atoms with E-state index in [4.69, 9.17) is 9.47 Å². The van der Waals surface area contributed by atoms with E-state index in [1.54, 1.807) is 18.2 Å². The first-order chi connectivity index (χ1) is 13.9. The maximum Gasteiger partial charge on any atom is 0.415 e. The molecule has 1 saturated heterocycles. The summed E-state index contributed by atoms with van der Waals surface area (Å²) in [5.41, 5.74) is 1.79. The van der Waals surface area contributed by atoms with Gasteiger partial charge in [-0.1, -0.05) is 38.1 Å². The lowest BCUT2D eigenvalue weighted by Gasteiger charge is -2.37. The Bertz CT molecular complexity index is 891. The lowest BCUT2D eigenvalue weighted by Crippen LogP contribution is -2.56. The minimum atomic E-state index is -0.439. The number of ether oxygens (including phenoxy) is 2. The molecule has 1 aliphatic heterocycles. The Kier molecular flexibility index (Phi) is 6.26. The molecular formula is C22H26N2O5. The van der Waals surface area contributed by atoms with Crippen LogP contribution in [0.4, 0.5) is 4.79 Å². The van der Waals surface area contributed by atoms with Gasteiger partial charge < -0.3 is 24.8 Å². The van der Waals surface area contributed by atoms with Crippen LogP contribution < -0.4 is 14.8 Å². The first-order valence-electron chi connectivity index (χ1n) is 9.58. The highest BCUT2D eigenvalue weighted by Gasteiger charge is 2.36. The average Bonchev–Trinajstić information content (AvgIpc) is 2.66. The minimum Gasteiger partial charge on any atom is -0.504 e. The van der Waals surface area contributed by atoms with Crippen LogP contribution in [0, 0.1) is 5.92 Å². The van der Waals surface area contributed by atoms with Gasteiger partial charge in [-0.25, -0.2) is 4.79 Å². The van der Waals surface area contributed by atoms with Crippen molar-refractivity contribution in [1.29, 1.82) is 0 Å². The summed E-state index contributed by atoms with van der Waals surface area (Å²) < 4.78 is 10.6. The molecule has 0 spiro atoms. The summed E-state index contributed by atoms with van der Waals surface area (Å²) in [5.74, 6) is 0.824. The molecule has 3 rings (SSSR count). The number of rotatable bonds is 6. The molecule has 0 saturated carbocycles. The first kappa shape index (κ1) is 20.5. The van der Waals surface area contributed by atoms with E-state index in [0.717, 1.165) is 11.1 Å². The third-order valence-electron chi connectivity index (χ3n) is 4.96. The first-order valence-corrected chi connectivity index (χ1v) is 9.58. The van der Waals surface area contributed by atoms with Crippen molar-refractivity contribution in [2.24, 2.45) is 5.92 Å². The molecule has 0 atom stereocenters. The molecule has 7 nitrogen and oxygen atoms in total. The molecule has 2 amide bonds. The van der Waals surface area contributed by atoms with Crippen molar-refractivity contribution < 1.29 is 24.2 Å². The Labute approximate surface area is 170 Å². The van der Waals surface area contributed by atoms with Crippen LogP contribution >= 0.6 is 0 Å². The van der Waals surface area contributed by atoms with Crippen LogP contribution in [0.5, 0.6) is 17.2 Å². The highest BCUT2D eigenvalue weighted by atomic mass is 16.6. The van der Waals surface area contributed by atoms with Gasteiger partial charge in [-0.2, -0.15) is 0 Å². The Morgan fingerprint density at radius 1 is 1.17 bits per heavy atom. The van der Waals surface area contributed by atoms with Crippen molar-refractivity contribution in [1.82, 2.24) is 10.2 Å². The van der Waals surface area contributed by atoms with Gasteiger partial charge in [-0.3, -0.25) is 4.79 Å². The third kappa shape index (κ3) is 4.80. The van der Waals surface area contributed by atoms with Crippen molar-refractivity contribution in [3.05, 3.63) is 53.6 Å². The maximum atomic E-state index is 12.4. The van der Waals surface area contributed by atoms with E-state index >= 15 is 0 Å². The number of aromatic hydroxyl groups is 1. The molecule has 0 aromatic heterocycles. The Morgan fingerprint density at radius 2 is 1.90 bits per heavy atom. The lowest BCUT2D eigenvalue weighted by atomic mass is 9.99. The normalized spacial score (nSPS) is 13.7. The number of benzene rings is 2. The summed E-state index contributed by atoms with van der Waals surface area (Å²) >= 11 is 0. The highest BCUT2D eigenvalue weighted by molar-refractivity contribution is 5.83. The summed E-state index contributed by atoms with van der Waals surface area (Å²) in [4.78, 5) is 26.2. The van der Waals surface area contributed by atoms with E-state index in [1.165, 1.54) is 18.1 Å². The summed E-state index contributed by atoms with van der Waals surface area (Å²) in [6, 6.07) is 12.4. The number of likely N-dealkylation sites (tertiary alicyclic amines) is 1. The number of nitrogens with one attached hydrogen (secondary N) is 1. The number of phenolic OH excluding ortho intramolecular Hbond substituents is 1. The number of nitrogens with zero attached hydrogens (tertiary/aromatic N) is 1. The van der Waals surface area contributed by atoms with Crippen LogP contribution in [-0.4, -0.2) is 42.2 Å². The van der Waals surface area contributed by atoms with Gasteiger partial charge in [0.1, 0.15) is 5.75 Å². The molecule has 154 valence electrons. The second-order valence-electron chi connectivity index (χ2n) is 7.39. The summed E-state index contributed by atoms with van der Waals surface area (Å²) in [5, 5.41) is 12.5. The second kappa shape index (κ2) is 8.86. The van der Waals surface area contributed by atoms with Crippen molar-refractivity contribution in [3.63, 3.8) is 0 Å². The largest absolute Gasteiger partial charge is 0.504 e. The van der Waals surface area contributed by atoms with Crippen LogP contribution in [0.1, 0.15) is 30.9 Å². The summed E-state index contributed by atoms with van der Waals surface area (Å²) in [7, 11) is 1.47. The van der Waals surface area contributed by atoms with E-state index in [0.29, 0.717) is 31.1 Å². The fraction of sp³-hybridized carbons (Fsp3) is 0.364. The molecule has 2 N–H and O–H groups in total. The van der Waals surface area contributed by atoms with Crippen molar-refractivity contribution in [2.75, 3.05) is 20.2 Å². The third-order valence-corrected chi connectivity index (χ3v) is 4.96. The van der Waals surface area contributed by atoms with Gasteiger partial charge in [-0.15, -0.1) is 0 Å². The number of carbonyl (C=O) groups is 2. The smallest absolute Gasteiger partial charge is 0.415 e. The molecule has 2 aromatic carbocycles. The zero-order valence-corrected chi connectivity index (χ0v) is 16.8. The van der Waals surface area contributed by atoms with E-state index < -0.39 is 6.09 Å². The number of hydrogen-bond acceptors (Lipinski definition) is 5. The number of para-hydroxylation sites is 1. The second-order valence-corrected chi connectivity index (χ2v) is 7.39. The van der Waals surface area contributed by atoms with Gasteiger partial charge in [0.05, 0.1) is 13.0 Å². The molecular weight excluding hydrogens is 372 g/mol. The Hall–Kier alpha value is -3.22. The topological polar surface area (TPSA) is 88.1 Å². The van der Waals surface area contributed by atoms with Crippen LogP contribution in [0.2, 0.25) is 0 Å². The van der Waals surface area contributed by atoms with E-state index in [2.05, 4.69) is 5.32 Å². The standard InChI is InChI=1S/C22H26N2O5/c1-14(2)17-6-4-5-7-19(17)29-22(27)24-12-16(13-24)21(26)23-11-15-8-9-18(25)20(10-15)28-3/h4-10,14,16,25H,11-13H2,1-3H3,(H,23,26). The molecule has 0 aliphatic carbocycles. The fourth-order valence-corrected chi connectivity index (χ4v) is 3.17. The van der Waals surface area contributed by atoms with Crippen LogP contribution in [0.3, 0.4) is 0 Å². The van der Waals surface area contributed by atoms with Gasteiger partial charge in [0.25, 0.3) is 0 Å². The van der Waals surface area contributed by atoms with Gasteiger partial charge >= 0.3 is 6.09 Å². The molecule has 2 aromatic rings. The van der Waals surface area contributed by atoms with E-state index in [1.807, 2.05) is 32.0 Å². The summed E-state index contributed by atoms with van der Waals surface area (Å²) in [6.45, 7) is 5.06. The molecule has 1 heterocycles. The Morgan fingerprint density at radius 3 is 2.59 bits per heavy atom. The van der Waals surface area contributed by atoms with Crippen LogP contribution in [0.25, 0.3) is 0 Å². The zero-order valence-electron chi connectivity index (χ0n) is 16.8. The molecule has 0 bridgehead atoms. The molecule has 1 fully saturated rings. The van der Waals surface area contributed by atoms with E-state index in [9.17, 15) is 14.7 Å². The quantitative estimate of drug-likeness (QED) is 0.780. The van der Waals surface area contributed by atoms with Gasteiger partial charge in [-0.05, 0) is 35.2 Å². The lowest BCUT2D eigenvalue weighted by molar-refractivity contribution is -0.129. The van der Waals surface area contributed by atoms with Gasteiger partial charge in [0.2, 0.25) is 5.91 Å². The number of hydrogen-bond donors (Lipinski definition) is 2.